The molecule has 0 fully saturated rings. The molecule has 1 aliphatic rings. The molecule has 2 aromatic carbocycles. The number of hydrogen-bond donors (Lipinski definition) is 2. The van der Waals surface area contributed by atoms with E-state index in [-0.39, 0.29) is 35.5 Å². The molecule has 0 spiro atoms. The summed E-state index contributed by atoms with van der Waals surface area (Å²) in [7, 11) is 4.56. The molecule has 32 heavy (non-hydrogen) atoms. The molecule has 0 saturated heterocycles. The quantitative estimate of drug-likeness (QED) is 0.475. The summed E-state index contributed by atoms with van der Waals surface area (Å²) in [4.78, 5) is 17.3. The number of anilines is 1. The van der Waals surface area contributed by atoms with Crippen molar-refractivity contribution in [3.63, 3.8) is 0 Å². The molecule has 5 rings (SSSR count). The summed E-state index contributed by atoms with van der Waals surface area (Å²) < 4.78 is 18.5. The number of nitrogens with zero attached hydrogens (tertiary/aromatic N) is 3. The van der Waals surface area contributed by atoms with Gasteiger partial charge in [0.05, 0.1) is 37.7 Å². The van der Waals surface area contributed by atoms with Gasteiger partial charge in [0.1, 0.15) is 11.6 Å². The lowest BCUT2D eigenvalue weighted by atomic mass is 9.87. The van der Waals surface area contributed by atoms with Gasteiger partial charge in [-0.15, -0.1) is 0 Å². The fourth-order valence-corrected chi connectivity index (χ4v) is 4.85. The second kappa shape index (κ2) is 7.72. The van der Waals surface area contributed by atoms with Crippen LogP contribution >= 0.6 is 11.3 Å². The number of hydrogen-bond acceptors (Lipinski definition) is 8. The number of aromatic hydroxyl groups is 1. The number of carbonyl (C=O) groups excluding carboxylic acids is 1. The maximum Gasteiger partial charge on any atom is 0.226 e. The Hall–Kier alpha value is -3.79. The van der Waals surface area contributed by atoms with Gasteiger partial charge < -0.3 is 24.6 Å². The van der Waals surface area contributed by atoms with Gasteiger partial charge in [-0.05, 0) is 35.9 Å². The van der Waals surface area contributed by atoms with Gasteiger partial charge >= 0.3 is 0 Å². The normalized spacial score (nSPS) is 15.3. The number of carbonyl (C=O) groups is 1. The zero-order chi connectivity index (χ0) is 22.4. The number of fused-ring (bicyclic) bond motifs is 2. The first-order valence-electron chi connectivity index (χ1n) is 9.80. The summed E-state index contributed by atoms with van der Waals surface area (Å²) in [6.45, 7) is 0. The molecule has 0 bridgehead atoms. The fourth-order valence-electron chi connectivity index (χ4n) is 3.89. The number of phenols is 1. The van der Waals surface area contributed by atoms with Gasteiger partial charge in [-0.25, -0.2) is 4.98 Å². The van der Waals surface area contributed by atoms with Crippen LogP contribution in [0.2, 0.25) is 0 Å². The number of methoxy groups -OCH3 is 3. The zero-order valence-electron chi connectivity index (χ0n) is 17.6. The Bertz CT molecular complexity index is 1320. The van der Waals surface area contributed by atoms with E-state index < -0.39 is 0 Å². The zero-order valence-corrected chi connectivity index (χ0v) is 18.4. The minimum Gasteiger partial charge on any atom is -0.502 e. The summed E-state index contributed by atoms with van der Waals surface area (Å²) in [5.41, 5.74) is 2.44. The second-order valence-corrected chi connectivity index (χ2v) is 8.28. The molecule has 0 saturated carbocycles. The number of phenolic OH excluding ortho intramolecular Hbond substituents is 1. The number of rotatable bonds is 5. The minimum atomic E-state index is -0.287. The first kappa shape index (κ1) is 20.1. The number of benzene rings is 2. The first-order valence-corrected chi connectivity index (χ1v) is 10.6. The summed E-state index contributed by atoms with van der Waals surface area (Å²) in [6, 6.07) is 9.09. The molecule has 2 N–H and O–H groups in total. The Labute approximate surface area is 187 Å². The molecule has 1 atom stereocenters. The summed E-state index contributed by atoms with van der Waals surface area (Å²) in [5.74, 6) is 1.36. The van der Waals surface area contributed by atoms with Gasteiger partial charge in [-0.2, -0.15) is 9.78 Å². The third-order valence-electron chi connectivity index (χ3n) is 5.49. The van der Waals surface area contributed by atoms with Crippen LogP contribution in [-0.2, 0) is 4.79 Å². The lowest BCUT2D eigenvalue weighted by Gasteiger charge is -2.24. The molecule has 1 unspecified atom stereocenters. The highest BCUT2D eigenvalue weighted by atomic mass is 32.1. The van der Waals surface area contributed by atoms with E-state index in [0.29, 0.717) is 10.9 Å². The van der Waals surface area contributed by atoms with Crippen molar-refractivity contribution in [3.8, 4) is 28.1 Å². The van der Waals surface area contributed by atoms with Crippen LogP contribution in [0.4, 0.5) is 5.82 Å². The van der Waals surface area contributed by atoms with E-state index in [4.69, 9.17) is 14.2 Å². The highest BCUT2D eigenvalue weighted by Crippen LogP contribution is 2.44. The maximum atomic E-state index is 12.6. The van der Waals surface area contributed by atoms with Crippen molar-refractivity contribution in [1.29, 1.82) is 0 Å². The molecule has 9 nitrogen and oxygen atoms in total. The molecule has 2 aromatic heterocycles. The molecular formula is C22H20N4O5S. The number of aromatic nitrogens is 3. The summed E-state index contributed by atoms with van der Waals surface area (Å²) in [6.07, 6.45) is 1.96. The van der Waals surface area contributed by atoms with Crippen LogP contribution in [0.3, 0.4) is 0 Å². The van der Waals surface area contributed by atoms with Gasteiger partial charge in [0.2, 0.25) is 16.8 Å². The van der Waals surface area contributed by atoms with Crippen LogP contribution in [0.5, 0.6) is 23.0 Å². The van der Waals surface area contributed by atoms with E-state index in [1.54, 1.807) is 30.1 Å². The van der Waals surface area contributed by atoms with Gasteiger partial charge in [0.15, 0.2) is 11.5 Å². The van der Waals surface area contributed by atoms with E-state index in [9.17, 15) is 9.90 Å². The SMILES string of the molecule is COc1ccc2nc(-n3ncc4c3NC(=O)CC4c3cc(OC)c(O)c(OC)c3)sc2c1. The molecule has 1 aliphatic heterocycles. The number of ether oxygens (including phenoxy) is 3. The smallest absolute Gasteiger partial charge is 0.226 e. The molecule has 0 aliphatic carbocycles. The summed E-state index contributed by atoms with van der Waals surface area (Å²) in [5, 5.41) is 18.4. The van der Waals surface area contributed by atoms with Crippen molar-refractivity contribution in [2.24, 2.45) is 0 Å². The first-order chi connectivity index (χ1) is 15.5. The molecular weight excluding hydrogens is 432 g/mol. The summed E-state index contributed by atoms with van der Waals surface area (Å²) >= 11 is 1.45. The molecule has 1 amide bonds. The largest absolute Gasteiger partial charge is 0.502 e. The Morgan fingerprint density at radius 3 is 2.56 bits per heavy atom. The lowest BCUT2D eigenvalue weighted by molar-refractivity contribution is -0.116. The van der Waals surface area contributed by atoms with E-state index >= 15 is 0 Å². The lowest BCUT2D eigenvalue weighted by Crippen LogP contribution is -2.24. The van der Waals surface area contributed by atoms with Crippen LogP contribution in [0.1, 0.15) is 23.5 Å². The van der Waals surface area contributed by atoms with E-state index in [2.05, 4.69) is 15.4 Å². The van der Waals surface area contributed by atoms with Gasteiger partial charge in [0.25, 0.3) is 0 Å². The molecule has 3 heterocycles. The minimum absolute atomic E-state index is 0.0835. The van der Waals surface area contributed by atoms with Crippen LogP contribution in [0.25, 0.3) is 15.3 Å². The highest BCUT2D eigenvalue weighted by Gasteiger charge is 2.32. The second-order valence-electron chi connectivity index (χ2n) is 7.27. The van der Waals surface area contributed by atoms with Gasteiger partial charge in [-0.3, -0.25) is 4.79 Å². The van der Waals surface area contributed by atoms with Crippen molar-refractivity contribution in [2.75, 3.05) is 26.6 Å². The topological polar surface area (TPSA) is 108 Å². The van der Waals surface area contributed by atoms with E-state index in [0.717, 1.165) is 27.1 Å². The average molecular weight is 452 g/mol. The van der Waals surface area contributed by atoms with Crippen molar-refractivity contribution < 1.29 is 24.1 Å². The van der Waals surface area contributed by atoms with Crippen LogP contribution in [0.15, 0.2) is 36.5 Å². The van der Waals surface area contributed by atoms with Crippen molar-refractivity contribution in [3.05, 3.63) is 47.7 Å². The van der Waals surface area contributed by atoms with Crippen LogP contribution in [0, 0.1) is 0 Å². The number of amides is 1. The fraction of sp³-hybridized carbons (Fsp3) is 0.227. The third-order valence-corrected chi connectivity index (χ3v) is 6.48. The van der Waals surface area contributed by atoms with E-state index in [1.165, 1.54) is 25.6 Å². The Morgan fingerprint density at radius 1 is 1.12 bits per heavy atom. The monoisotopic (exact) mass is 452 g/mol. The van der Waals surface area contributed by atoms with Gasteiger partial charge in [-0.1, -0.05) is 11.3 Å². The molecule has 10 heteroatoms. The Kier molecular flexibility index (Phi) is 4.86. The maximum absolute atomic E-state index is 12.6. The third kappa shape index (κ3) is 3.19. The predicted molar refractivity (Wildman–Crippen MR) is 120 cm³/mol. The van der Waals surface area contributed by atoms with Gasteiger partial charge in [0, 0.05) is 17.9 Å². The molecule has 164 valence electrons. The van der Waals surface area contributed by atoms with Crippen molar-refractivity contribution >= 4 is 33.3 Å². The number of nitrogens with one attached hydrogen (secondary N) is 1. The standard InChI is InChI=1S/C22H20N4O5S/c1-29-12-4-5-15-18(8-12)32-22(24-15)26-21-14(10-23-26)13(9-19(27)25-21)11-6-16(30-2)20(28)17(7-11)31-3/h4-8,10,13,28H,9H2,1-3H3,(H,25,27). The average Bonchev–Trinajstić information content (AvgIpc) is 3.41. The van der Waals surface area contributed by atoms with Crippen LogP contribution in [-0.4, -0.2) is 47.1 Å². The van der Waals surface area contributed by atoms with Crippen molar-refractivity contribution in [1.82, 2.24) is 14.8 Å². The highest BCUT2D eigenvalue weighted by molar-refractivity contribution is 7.20. The van der Waals surface area contributed by atoms with Crippen molar-refractivity contribution in [2.45, 2.75) is 12.3 Å². The Morgan fingerprint density at radius 2 is 1.88 bits per heavy atom. The molecule has 0 radical (unpaired) electrons. The van der Waals surface area contributed by atoms with E-state index in [1.807, 2.05) is 18.2 Å². The van der Waals surface area contributed by atoms with Crippen LogP contribution < -0.4 is 19.5 Å². The molecule has 4 aromatic rings. The Balaban J connectivity index is 1.61. The predicted octanol–water partition coefficient (Wildman–Crippen LogP) is 3.69. The number of thiazole rings is 1.